The van der Waals surface area contributed by atoms with E-state index in [-0.39, 0.29) is 0 Å². The van der Waals surface area contributed by atoms with Crippen molar-refractivity contribution in [1.82, 2.24) is 10.3 Å². The second kappa shape index (κ2) is 4.21. The van der Waals surface area contributed by atoms with E-state index in [1.807, 2.05) is 25.4 Å². The molecular formula is C10H16N2. The average Bonchev–Trinajstić information content (AvgIpc) is 2.07. The van der Waals surface area contributed by atoms with E-state index < -0.39 is 0 Å². The summed E-state index contributed by atoms with van der Waals surface area (Å²) >= 11 is 0. The van der Waals surface area contributed by atoms with E-state index in [2.05, 4.69) is 30.2 Å². The van der Waals surface area contributed by atoms with E-state index in [4.69, 9.17) is 0 Å². The van der Waals surface area contributed by atoms with Gasteiger partial charge in [-0.25, -0.2) is 0 Å². The predicted molar refractivity (Wildman–Crippen MR) is 50.9 cm³/mol. The summed E-state index contributed by atoms with van der Waals surface area (Å²) in [7, 11) is 1.97. The highest BCUT2D eigenvalue weighted by Gasteiger charge is 2.13. The molecule has 0 saturated heterocycles. The van der Waals surface area contributed by atoms with Crippen LogP contribution in [-0.4, -0.2) is 12.0 Å². The summed E-state index contributed by atoms with van der Waals surface area (Å²) in [5.74, 6) is 0.574. The molecule has 0 aliphatic rings. The SMILES string of the molecule is CNC(c1ccccn1)C(C)C. The van der Waals surface area contributed by atoms with Gasteiger partial charge in [0.1, 0.15) is 0 Å². The van der Waals surface area contributed by atoms with E-state index in [0.717, 1.165) is 5.69 Å². The van der Waals surface area contributed by atoms with Crippen molar-refractivity contribution in [3.8, 4) is 0 Å². The van der Waals surface area contributed by atoms with Crippen LogP contribution in [0.5, 0.6) is 0 Å². The Bertz CT molecular complexity index is 219. The van der Waals surface area contributed by atoms with Gasteiger partial charge in [0.2, 0.25) is 0 Å². The van der Waals surface area contributed by atoms with Gasteiger partial charge in [-0.2, -0.15) is 0 Å². The molecule has 66 valence electrons. The van der Waals surface area contributed by atoms with Crippen molar-refractivity contribution < 1.29 is 0 Å². The lowest BCUT2D eigenvalue weighted by Crippen LogP contribution is -2.22. The molecule has 0 aromatic carbocycles. The fourth-order valence-corrected chi connectivity index (χ4v) is 1.38. The molecular weight excluding hydrogens is 148 g/mol. The third kappa shape index (κ3) is 2.05. The molecule has 0 spiro atoms. The lowest BCUT2D eigenvalue weighted by molar-refractivity contribution is 0.433. The summed E-state index contributed by atoms with van der Waals surface area (Å²) in [6, 6.07) is 6.39. The van der Waals surface area contributed by atoms with E-state index in [1.54, 1.807) is 0 Å². The molecule has 1 N–H and O–H groups in total. The zero-order valence-corrected chi connectivity index (χ0v) is 7.91. The molecule has 1 unspecified atom stereocenters. The smallest absolute Gasteiger partial charge is 0.0575 e. The minimum atomic E-state index is 0.367. The van der Waals surface area contributed by atoms with Gasteiger partial charge in [-0.15, -0.1) is 0 Å². The van der Waals surface area contributed by atoms with Gasteiger partial charge in [0.15, 0.2) is 0 Å². The molecule has 1 aromatic rings. The van der Waals surface area contributed by atoms with Crippen molar-refractivity contribution in [3.05, 3.63) is 30.1 Å². The van der Waals surface area contributed by atoms with Crippen molar-refractivity contribution in [2.45, 2.75) is 19.9 Å². The van der Waals surface area contributed by atoms with Gasteiger partial charge >= 0.3 is 0 Å². The Morgan fingerprint density at radius 3 is 2.50 bits per heavy atom. The first-order chi connectivity index (χ1) is 5.75. The summed E-state index contributed by atoms with van der Waals surface area (Å²) in [6.45, 7) is 4.38. The Balaban J connectivity index is 2.80. The Kier molecular flexibility index (Phi) is 3.23. The molecule has 1 atom stereocenters. The molecule has 1 rings (SSSR count). The molecule has 12 heavy (non-hydrogen) atoms. The molecule has 1 heterocycles. The van der Waals surface area contributed by atoms with Gasteiger partial charge in [0.05, 0.1) is 11.7 Å². The summed E-state index contributed by atoms with van der Waals surface area (Å²) in [4.78, 5) is 4.31. The number of rotatable bonds is 3. The minimum Gasteiger partial charge on any atom is -0.311 e. The predicted octanol–water partition coefficient (Wildman–Crippen LogP) is 2.00. The van der Waals surface area contributed by atoms with E-state index in [9.17, 15) is 0 Å². The lowest BCUT2D eigenvalue weighted by atomic mass is 10.0. The molecule has 1 aromatic heterocycles. The number of hydrogen-bond acceptors (Lipinski definition) is 2. The third-order valence-corrected chi connectivity index (χ3v) is 1.98. The zero-order chi connectivity index (χ0) is 8.97. The highest BCUT2D eigenvalue weighted by atomic mass is 14.9. The molecule has 0 bridgehead atoms. The molecule has 0 aliphatic carbocycles. The molecule has 2 nitrogen and oxygen atoms in total. The average molecular weight is 164 g/mol. The normalized spacial score (nSPS) is 13.3. The maximum Gasteiger partial charge on any atom is 0.0575 e. The first kappa shape index (κ1) is 9.20. The molecule has 0 saturated carbocycles. The van der Waals surface area contributed by atoms with E-state index in [1.165, 1.54) is 0 Å². The maximum atomic E-state index is 4.31. The van der Waals surface area contributed by atoms with E-state index >= 15 is 0 Å². The Labute approximate surface area is 74.0 Å². The Morgan fingerprint density at radius 2 is 2.08 bits per heavy atom. The van der Waals surface area contributed by atoms with Crippen LogP contribution in [0, 0.1) is 5.92 Å². The first-order valence-corrected chi connectivity index (χ1v) is 4.34. The van der Waals surface area contributed by atoms with Gasteiger partial charge in [0, 0.05) is 6.20 Å². The van der Waals surface area contributed by atoms with Gasteiger partial charge in [-0.3, -0.25) is 4.98 Å². The summed E-state index contributed by atoms with van der Waals surface area (Å²) < 4.78 is 0. The minimum absolute atomic E-state index is 0.367. The van der Waals surface area contributed by atoms with Crippen molar-refractivity contribution in [2.75, 3.05) is 7.05 Å². The van der Waals surface area contributed by atoms with Crippen LogP contribution in [0.1, 0.15) is 25.6 Å². The zero-order valence-electron chi connectivity index (χ0n) is 7.91. The summed E-state index contributed by atoms with van der Waals surface area (Å²) in [5, 5.41) is 3.26. The van der Waals surface area contributed by atoms with Crippen LogP contribution in [0.25, 0.3) is 0 Å². The highest BCUT2D eigenvalue weighted by Crippen LogP contribution is 2.17. The van der Waals surface area contributed by atoms with Crippen LogP contribution in [0.4, 0.5) is 0 Å². The number of aromatic nitrogens is 1. The molecule has 0 aliphatic heterocycles. The number of pyridine rings is 1. The molecule has 0 amide bonds. The van der Waals surface area contributed by atoms with Crippen LogP contribution in [0.2, 0.25) is 0 Å². The second-order valence-corrected chi connectivity index (χ2v) is 3.26. The van der Waals surface area contributed by atoms with Gasteiger partial charge in [-0.05, 0) is 25.1 Å². The van der Waals surface area contributed by atoms with Crippen LogP contribution in [0.3, 0.4) is 0 Å². The van der Waals surface area contributed by atoms with Gasteiger partial charge in [0.25, 0.3) is 0 Å². The van der Waals surface area contributed by atoms with Gasteiger partial charge in [-0.1, -0.05) is 19.9 Å². The van der Waals surface area contributed by atoms with E-state index in [0.29, 0.717) is 12.0 Å². The van der Waals surface area contributed by atoms with Crippen molar-refractivity contribution in [1.29, 1.82) is 0 Å². The monoisotopic (exact) mass is 164 g/mol. The van der Waals surface area contributed by atoms with Crippen molar-refractivity contribution in [2.24, 2.45) is 5.92 Å². The number of nitrogens with zero attached hydrogens (tertiary/aromatic N) is 1. The van der Waals surface area contributed by atoms with Crippen LogP contribution in [0.15, 0.2) is 24.4 Å². The third-order valence-electron chi connectivity index (χ3n) is 1.98. The quantitative estimate of drug-likeness (QED) is 0.739. The molecule has 2 heteroatoms. The highest BCUT2D eigenvalue weighted by molar-refractivity contribution is 5.08. The van der Waals surface area contributed by atoms with Crippen LogP contribution < -0.4 is 5.32 Å². The van der Waals surface area contributed by atoms with Gasteiger partial charge < -0.3 is 5.32 Å². The van der Waals surface area contributed by atoms with Crippen molar-refractivity contribution in [3.63, 3.8) is 0 Å². The number of nitrogens with one attached hydrogen (secondary N) is 1. The molecule has 0 radical (unpaired) electrons. The summed E-state index contributed by atoms with van der Waals surface area (Å²) in [6.07, 6.45) is 1.84. The second-order valence-electron chi connectivity index (χ2n) is 3.26. The topological polar surface area (TPSA) is 24.9 Å². The largest absolute Gasteiger partial charge is 0.311 e. The fraction of sp³-hybridized carbons (Fsp3) is 0.500. The summed E-state index contributed by atoms with van der Waals surface area (Å²) in [5.41, 5.74) is 1.12. The van der Waals surface area contributed by atoms with Crippen LogP contribution >= 0.6 is 0 Å². The molecule has 0 fully saturated rings. The fourth-order valence-electron chi connectivity index (χ4n) is 1.38. The first-order valence-electron chi connectivity index (χ1n) is 4.34. The maximum absolute atomic E-state index is 4.31. The lowest BCUT2D eigenvalue weighted by Gasteiger charge is -2.18. The Morgan fingerprint density at radius 1 is 1.33 bits per heavy atom. The number of hydrogen-bond donors (Lipinski definition) is 1. The Hall–Kier alpha value is -0.890. The van der Waals surface area contributed by atoms with Crippen LogP contribution in [-0.2, 0) is 0 Å². The van der Waals surface area contributed by atoms with Crippen molar-refractivity contribution >= 4 is 0 Å². The standard InChI is InChI=1S/C10H16N2/c1-8(2)10(11-3)9-6-4-5-7-12-9/h4-8,10-11H,1-3H3.